The average Bonchev–Trinajstić information content (AvgIpc) is 2.20. The number of hydrogen-bond acceptors (Lipinski definition) is 3. The van der Waals surface area contributed by atoms with E-state index in [4.69, 9.17) is 15.4 Å². The van der Waals surface area contributed by atoms with Crippen molar-refractivity contribution in [3.8, 4) is 0 Å². The second kappa shape index (κ2) is 7.71. The first-order valence-electron chi connectivity index (χ1n) is 6.90. The molecule has 0 heterocycles. The van der Waals surface area contributed by atoms with Gasteiger partial charge in [-0.15, -0.1) is 0 Å². The molecule has 0 saturated heterocycles. The molecule has 0 radical (unpaired) electrons. The van der Waals surface area contributed by atoms with E-state index in [0.717, 1.165) is 31.3 Å². The standard InChI is InChI=1S/C13H25ClO3S/c1-11-8-12(2)10-13(9-11)17-6-4-3-5-7-18(14,15)16/h11-13H,3-10H2,1-2H3. The summed E-state index contributed by atoms with van der Waals surface area (Å²) in [7, 11) is 1.83. The lowest BCUT2D eigenvalue weighted by Crippen LogP contribution is -2.26. The van der Waals surface area contributed by atoms with Crippen molar-refractivity contribution in [1.82, 2.24) is 0 Å². The molecule has 2 unspecified atom stereocenters. The molecule has 5 heteroatoms. The van der Waals surface area contributed by atoms with E-state index in [1.54, 1.807) is 0 Å². The van der Waals surface area contributed by atoms with E-state index in [0.29, 0.717) is 12.5 Å². The maximum absolute atomic E-state index is 10.7. The Bertz CT molecular complexity index is 319. The van der Waals surface area contributed by atoms with Crippen LogP contribution in [0.25, 0.3) is 0 Å². The lowest BCUT2D eigenvalue weighted by Gasteiger charge is -2.31. The number of hydrogen-bond donors (Lipinski definition) is 0. The number of unbranched alkanes of at least 4 members (excludes halogenated alkanes) is 2. The maximum atomic E-state index is 10.7. The minimum absolute atomic E-state index is 0.0754. The van der Waals surface area contributed by atoms with Crippen molar-refractivity contribution in [2.45, 2.75) is 58.5 Å². The Morgan fingerprint density at radius 2 is 1.67 bits per heavy atom. The van der Waals surface area contributed by atoms with Crippen LogP contribution in [0.1, 0.15) is 52.4 Å². The zero-order valence-corrected chi connectivity index (χ0v) is 13.0. The highest BCUT2D eigenvalue weighted by Crippen LogP contribution is 2.30. The molecule has 0 amide bonds. The van der Waals surface area contributed by atoms with Crippen LogP contribution >= 0.6 is 10.7 Å². The second-order valence-electron chi connectivity index (χ2n) is 5.71. The highest BCUT2D eigenvalue weighted by Gasteiger charge is 2.24. The normalized spacial score (nSPS) is 29.4. The number of rotatable bonds is 7. The molecule has 0 N–H and O–H groups in total. The zero-order valence-electron chi connectivity index (χ0n) is 11.4. The van der Waals surface area contributed by atoms with Crippen molar-refractivity contribution in [2.75, 3.05) is 12.4 Å². The highest BCUT2D eigenvalue weighted by molar-refractivity contribution is 8.13. The number of halogens is 1. The molecule has 108 valence electrons. The van der Waals surface area contributed by atoms with Gasteiger partial charge in [-0.1, -0.05) is 20.3 Å². The van der Waals surface area contributed by atoms with Gasteiger partial charge >= 0.3 is 0 Å². The quantitative estimate of drug-likeness (QED) is 0.533. The van der Waals surface area contributed by atoms with Crippen molar-refractivity contribution in [3.05, 3.63) is 0 Å². The molecule has 1 fully saturated rings. The van der Waals surface area contributed by atoms with Gasteiger partial charge in [0.25, 0.3) is 0 Å². The Morgan fingerprint density at radius 3 is 2.22 bits per heavy atom. The lowest BCUT2D eigenvalue weighted by atomic mass is 9.82. The fourth-order valence-corrected chi connectivity index (χ4v) is 3.69. The predicted molar refractivity (Wildman–Crippen MR) is 75.4 cm³/mol. The van der Waals surface area contributed by atoms with Crippen molar-refractivity contribution in [2.24, 2.45) is 11.8 Å². The van der Waals surface area contributed by atoms with Gasteiger partial charge in [-0.25, -0.2) is 8.42 Å². The molecule has 0 aromatic rings. The van der Waals surface area contributed by atoms with Crippen molar-refractivity contribution >= 4 is 19.7 Å². The lowest BCUT2D eigenvalue weighted by molar-refractivity contribution is -0.000493. The van der Waals surface area contributed by atoms with E-state index < -0.39 is 9.05 Å². The summed E-state index contributed by atoms with van der Waals surface area (Å²) in [4.78, 5) is 0. The van der Waals surface area contributed by atoms with Crippen LogP contribution in [0.5, 0.6) is 0 Å². The minimum atomic E-state index is -3.31. The Balaban J connectivity index is 2.04. The van der Waals surface area contributed by atoms with Crippen molar-refractivity contribution in [1.29, 1.82) is 0 Å². The summed E-state index contributed by atoms with van der Waals surface area (Å²) in [6.45, 7) is 5.32. The van der Waals surface area contributed by atoms with Gasteiger partial charge in [-0.05, 0) is 43.9 Å². The molecule has 1 saturated carbocycles. The van der Waals surface area contributed by atoms with Gasteiger partial charge < -0.3 is 4.74 Å². The summed E-state index contributed by atoms with van der Waals surface area (Å²) in [6, 6.07) is 0. The van der Waals surface area contributed by atoms with E-state index in [1.165, 1.54) is 19.3 Å². The first-order valence-corrected chi connectivity index (χ1v) is 9.38. The third kappa shape index (κ3) is 7.59. The summed E-state index contributed by atoms with van der Waals surface area (Å²) in [5, 5.41) is 0. The van der Waals surface area contributed by atoms with Gasteiger partial charge in [0.2, 0.25) is 9.05 Å². The van der Waals surface area contributed by atoms with Gasteiger partial charge in [0, 0.05) is 17.3 Å². The smallest absolute Gasteiger partial charge is 0.232 e. The van der Waals surface area contributed by atoms with Gasteiger partial charge in [-0.3, -0.25) is 0 Å². The monoisotopic (exact) mass is 296 g/mol. The molecule has 0 aromatic heterocycles. The van der Waals surface area contributed by atoms with Crippen LogP contribution in [-0.4, -0.2) is 26.9 Å². The molecule has 3 nitrogen and oxygen atoms in total. The number of ether oxygens (including phenoxy) is 1. The molecule has 2 atom stereocenters. The topological polar surface area (TPSA) is 43.4 Å². The van der Waals surface area contributed by atoms with Crippen LogP contribution in [0.2, 0.25) is 0 Å². The highest BCUT2D eigenvalue weighted by atomic mass is 35.7. The summed E-state index contributed by atoms with van der Waals surface area (Å²) in [6.07, 6.45) is 6.47. The maximum Gasteiger partial charge on any atom is 0.232 e. The molecule has 0 aliphatic heterocycles. The second-order valence-corrected chi connectivity index (χ2v) is 8.61. The summed E-state index contributed by atoms with van der Waals surface area (Å²) >= 11 is 0. The fourth-order valence-electron chi connectivity index (χ4n) is 2.81. The molecule has 1 aliphatic carbocycles. The Labute approximate surface area is 116 Å². The third-order valence-corrected chi connectivity index (χ3v) is 4.76. The molecular formula is C13H25ClO3S. The van der Waals surface area contributed by atoms with Gasteiger partial charge in [0.05, 0.1) is 11.9 Å². The first-order chi connectivity index (χ1) is 8.37. The molecular weight excluding hydrogens is 272 g/mol. The zero-order chi connectivity index (χ0) is 13.6. The Kier molecular flexibility index (Phi) is 6.96. The van der Waals surface area contributed by atoms with Gasteiger partial charge in [0.15, 0.2) is 0 Å². The van der Waals surface area contributed by atoms with Crippen LogP contribution in [0, 0.1) is 11.8 Å². The van der Waals surface area contributed by atoms with E-state index in [1.807, 2.05) is 0 Å². The summed E-state index contributed by atoms with van der Waals surface area (Å²) in [5.74, 6) is 1.60. The summed E-state index contributed by atoms with van der Waals surface area (Å²) < 4.78 is 27.3. The molecule has 1 rings (SSSR count). The molecule has 0 bridgehead atoms. The third-order valence-electron chi connectivity index (χ3n) is 3.52. The minimum Gasteiger partial charge on any atom is -0.378 e. The first kappa shape index (κ1) is 16.3. The SMILES string of the molecule is CC1CC(C)CC(OCCCCCS(=O)(=O)Cl)C1. The Hall–Kier alpha value is 0.200. The van der Waals surface area contributed by atoms with Crippen LogP contribution in [0.15, 0.2) is 0 Å². The van der Waals surface area contributed by atoms with Crippen molar-refractivity contribution in [3.63, 3.8) is 0 Å². The van der Waals surface area contributed by atoms with Crippen LogP contribution in [0.3, 0.4) is 0 Å². The van der Waals surface area contributed by atoms with Crippen LogP contribution in [0.4, 0.5) is 0 Å². The Morgan fingerprint density at radius 1 is 1.06 bits per heavy atom. The van der Waals surface area contributed by atoms with Crippen LogP contribution < -0.4 is 0 Å². The molecule has 0 aromatic carbocycles. The summed E-state index contributed by atoms with van der Waals surface area (Å²) in [5.41, 5.74) is 0. The molecule has 18 heavy (non-hydrogen) atoms. The van der Waals surface area contributed by atoms with Crippen molar-refractivity contribution < 1.29 is 13.2 Å². The fraction of sp³-hybridized carbons (Fsp3) is 1.00. The van der Waals surface area contributed by atoms with E-state index in [2.05, 4.69) is 13.8 Å². The largest absolute Gasteiger partial charge is 0.378 e. The van der Waals surface area contributed by atoms with E-state index in [-0.39, 0.29) is 5.75 Å². The average molecular weight is 297 g/mol. The molecule has 0 spiro atoms. The van der Waals surface area contributed by atoms with Crippen LogP contribution in [-0.2, 0) is 13.8 Å². The van der Waals surface area contributed by atoms with E-state index in [9.17, 15) is 8.42 Å². The van der Waals surface area contributed by atoms with Gasteiger partial charge in [0.1, 0.15) is 0 Å². The van der Waals surface area contributed by atoms with Gasteiger partial charge in [-0.2, -0.15) is 0 Å². The van der Waals surface area contributed by atoms with E-state index >= 15 is 0 Å². The molecule has 1 aliphatic rings. The predicted octanol–water partition coefficient (Wildman–Crippen LogP) is 3.57.